The zero-order valence-electron chi connectivity index (χ0n) is 12.4. The van der Waals surface area contributed by atoms with Gasteiger partial charge in [0.1, 0.15) is 5.82 Å². The van der Waals surface area contributed by atoms with Gasteiger partial charge >= 0.3 is 0 Å². The number of fused-ring (bicyclic) bond motifs is 3. The second-order valence-corrected chi connectivity index (χ2v) is 5.04. The van der Waals surface area contributed by atoms with Gasteiger partial charge in [0, 0.05) is 13.1 Å². The summed E-state index contributed by atoms with van der Waals surface area (Å²) in [5, 5.41) is 4.63. The first-order valence-corrected chi connectivity index (χ1v) is 7.27. The highest BCUT2D eigenvalue weighted by molar-refractivity contribution is 5.78. The molecule has 0 unspecified atom stereocenters. The van der Waals surface area contributed by atoms with Crippen LogP contribution in [0, 0.1) is 6.92 Å². The maximum atomic E-state index is 4.71. The van der Waals surface area contributed by atoms with Gasteiger partial charge in [0.15, 0.2) is 0 Å². The molecular weight excluding hydrogens is 250 g/mol. The molecule has 1 aromatic carbocycles. The van der Waals surface area contributed by atoms with E-state index in [2.05, 4.69) is 34.5 Å². The van der Waals surface area contributed by atoms with Gasteiger partial charge in [-0.25, -0.2) is 4.98 Å². The first-order chi connectivity index (χ1) is 9.74. The summed E-state index contributed by atoms with van der Waals surface area (Å²) in [7, 11) is 0. The van der Waals surface area contributed by atoms with E-state index < -0.39 is 0 Å². The minimum Gasteiger partial charge on any atom is -0.302 e. The average Bonchev–Trinajstić information content (AvgIpc) is 2.96. The first-order valence-electron chi connectivity index (χ1n) is 7.27. The topological polar surface area (TPSA) is 38.4 Å². The third-order valence-electron chi connectivity index (χ3n) is 3.93. The van der Waals surface area contributed by atoms with E-state index in [0.717, 1.165) is 48.8 Å². The van der Waals surface area contributed by atoms with Gasteiger partial charge in [0.2, 0.25) is 5.78 Å². The number of aryl methyl sites for hydroxylation is 1. The second-order valence-electron chi connectivity index (χ2n) is 5.04. The van der Waals surface area contributed by atoms with Gasteiger partial charge in [0.05, 0.1) is 11.0 Å². The molecule has 3 aromatic rings. The molecular formula is C15H21N5. The van der Waals surface area contributed by atoms with Crippen LogP contribution < -0.4 is 0 Å². The molecule has 0 bridgehead atoms. The van der Waals surface area contributed by atoms with Gasteiger partial charge in [-0.05, 0) is 32.1 Å². The Bertz CT molecular complexity index is 720. The number of hydrogen-bond acceptors (Lipinski definition) is 3. The van der Waals surface area contributed by atoms with E-state index in [1.807, 2.05) is 29.6 Å². The van der Waals surface area contributed by atoms with Crippen LogP contribution in [0.3, 0.4) is 0 Å². The van der Waals surface area contributed by atoms with Crippen LogP contribution in [-0.4, -0.2) is 43.7 Å². The van der Waals surface area contributed by atoms with Crippen molar-refractivity contribution in [2.24, 2.45) is 0 Å². The molecule has 5 heteroatoms. The maximum Gasteiger partial charge on any atom is 0.233 e. The van der Waals surface area contributed by atoms with Crippen molar-refractivity contribution in [1.82, 2.24) is 24.1 Å². The lowest BCUT2D eigenvalue weighted by molar-refractivity contribution is 0.291. The fourth-order valence-electron chi connectivity index (χ4n) is 2.66. The van der Waals surface area contributed by atoms with Crippen molar-refractivity contribution in [2.45, 2.75) is 27.3 Å². The average molecular weight is 271 g/mol. The predicted molar refractivity (Wildman–Crippen MR) is 81.0 cm³/mol. The number of imidazole rings is 1. The Labute approximate surface area is 118 Å². The standard InChI is InChI=1S/C15H21N5/c1-4-18(5-2)10-11-19-12(3)17-20-14-9-7-6-8-13(14)16-15(19)20/h6-9H,4-5,10-11H2,1-3H3. The van der Waals surface area contributed by atoms with E-state index in [9.17, 15) is 0 Å². The predicted octanol–water partition coefficient (Wildman–Crippen LogP) is 2.33. The van der Waals surface area contributed by atoms with Crippen LogP contribution >= 0.6 is 0 Å². The lowest BCUT2D eigenvalue weighted by atomic mass is 10.3. The van der Waals surface area contributed by atoms with Crippen molar-refractivity contribution >= 4 is 16.8 Å². The lowest BCUT2D eigenvalue weighted by Crippen LogP contribution is -2.27. The van der Waals surface area contributed by atoms with Crippen molar-refractivity contribution in [2.75, 3.05) is 19.6 Å². The number of benzene rings is 1. The van der Waals surface area contributed by atoms with Crippen LogP contribution in [0.1, 0.15) is 19.7 Å². The normalized spacial score (nSPS) is 12.0. The van der Waals surface area contributed by atoms with Crippen molar-refractivity contribution < 1.29 is 0 Å². The quantitative estimate of drug-likeness (QED) is 0.715. The van der Waals surface area contributed by atoms with Crippen LogP contribution in [0.25, 0.3) is 16.8 Å². The Kier molecular flexibility index (Phi) is 3.44. The number of para-hydroxylation sites is 2. The van der Waals surface area contributed by atoms with Crippen LogP contribution in [0.5, 0.6) is 0 Å². The Morgan fingerprint density at radius 2 is 1.90 bits per heavy atom. The molecule has 0 fully saturated rings. The Morgan fingerprint density at radius 1 is 1.15 bits per heavy atom. The van der Waals surface area contributed by atoms with Crippen LogP contribution in [0.4, 0.5) is 0 Å². The van der Waals surface area contributed by atoms with Crippen molar-refractivity contribution in [1.29, 1.82) is 0 Å². The zero-order valence-corrected chi connectivity index (χ0v) is 12.4. The van der Waals surface area contributed by atoms with E-state index >= 15 is 0 Å². The highest BCUT2D eigenvalue weighted by Crippen LogP contribution is 2.17. The molecule has 106 valence electrons. The van der Waals surface area contributed by atoms with Crippen molar-refractivity contribution in [3.05, 3.63) is 30.1 Å². The molecule has 0 aliphatic rings. The Hall–Kier alpha value is -1.88. The number of likely N-dealkylation sites (N-methyl/N-ethyl adjacent to an activating group) is 1. The monoisotopic (exact) mass is 271 g/mol. The van der Waals surface area contributed by atoms with Gasteiger partial charge in [-0.1, -0.05) is 26.0 Å². The molecule has 0 N–H and O–H groups in total. The third kappa shape index (κ3) is 2.08. The molecule has 0 aliphatic carbocycles. The minimum absolute atomic E-state index is 0.931. The molecule has 0 amide bonds. The first kappa shape index (κ1) is 13.1. The van der Waals surface area contributed by atoms with E-state index in [0.29, 0.717) is 0 Å². The van der Waals surface area contributed by atoms with Crippen LogP contribution in [0.2, 0.25) is 0 Å². The SMILES string of the molecule is CCN(CC)CCn1c(C)nn2c3ccccc3nc12. The number of nitrogens with zero attached hydrogens (tertiary/aromatic N) is 5. The fourth-order valence-corrected chi connectivity index (χ4v) is 2.66. The summed E-state index contributed by atoms with van der Waals surface area (Å²) in [6.45, 7) is 10.6. The van der Waals surface area contributed by atoms with Crippen LogP contribution in [-0.2, 0) is 6.54 Å². The van der Waals surface area contributed by atoms with Crippen LogP contribution in [0.15, 0.2) is 24.3 Å². The van der Waals surface area contributed by atoms with Gasteiger partial charge in [-0.2, -0.15) is 9.61 Å². The summed E-state index contributed by atoms with van der Waals surface area (Å²) in [6, 6.07) is 8.15. The van der Waals surface area contributed by atoms with E-state index in [1.54, 1.807) is 0 Å². The third-order valence-corrected chi connectivity index (χ3v) is 3.93. The summed E-state index contributed by atoms with van der Waals surface area (Å²) >= 11 is 0. The van der Waals surface area contributed by atoms with Gasteiger partial charge in [-0.3, -0.25) is 4.57 Å². The Morgan fingerprint density at radius 3 is 2.65 bits per heavy atom. The number of rotatable bonds is 5. The fraction of sp³-hybridized carbons (Fsp3) is 0.467. The van der Waals surface area contributed by atoms with Crippen molar-refractivity contribution in [3.63, 3.8) is 0 Å². The van der Waals surface area contributed by atoms with Gasteiger partial charge < -0.3 is 4.90 Å². The molecule has 0 spiro atoms. The molecule has 0 saturated carbocycles. The summed E-state index contributed by atoms with van der Waals surface area (Å²) in [6.07, 6.45) is 0. The smallest absolute Gasteiger partial charge is 0.233 e. The number of hydrogen-bond donors (Lipinski definition) is 0. The number of aromatic nitrogens is 4. The highest BCUT2D eigenvalue weighted by atomic mass is 15.4. The summed E-state index contributed by atoms with van der Waals surface area (Å²) in [5.41, 5.74) is 2.08. The van der Waals surface area contributed by atoms with E-state index in [4.69, 9.17) is 4.98 Å². The molecule has 2 aromatic heterocycles. The van der Waals surface area contributed by atoms with Gasteiger partial charge in [-0.15, -0.1) is 0 Å². The highest BCUT2D eigenvalue weighted by Gasteiger charge is 2.13. The maximum absolute atomic E-state index is 4.71. The van der Waals surface area contributed by atoms with E-state index in [1.165, 1.54) is 0 Å². The molecule has 0 atom stereocenters. The molecule has 3 rings (SSSR count). The second kappa shape index (κ2) is 5.25. The molecule has 20 heavy (non-hydrogen) atoms. The molecule has 0 saturated heterocycles. The molecule has 2 heterocycles. The summed E-state index contributed by atoms with van der Waals surface area (Å²) in [4.78, 5) is 7.13. The summed E-state index contributed by atoms with van der Waals surface area (Å²) < 4.78 is 4.16. The lowest BCUT2D eigenvalue weighted by Gasteiger charge is -2.18. The largest absolute Gasteiger partial charge is 0.302 e. The minimum atomic E-state index is 0.931. The molecule has 0 radical (unpaired) electrons. The molecule has 0 aliphatic heterocycles. The summed E-state index contributed by atoms with van der Waals surface area (Å²) in [5.74, 6) is 1.96. The van der Waals surface area contributed by atoms with E-state index in [-0.39, 0.29) is 0 Å². The Balaban J connectivity index is 1.99. The zero-order chi connectivity index (χ0) is 14.1. The van der Waals surface area contributed by atoms with Gasteiger partial charge in [0.25, 0.3) is 0 Å². The van der Waals surface area contributed by atoms with Crippen molar-refractivity contribution in [3.8, 4) is 0 Å². The molecule has 5 nitrogen and oxygen atoms in total.